The minimum atomic E-state index is -0.00465. The molecular weight excluding hydrogens is 300 g/mol. The maximum absolute atomic E-state index is 12.7. The molecule has 1 aromatic heterocycles. The number of aryl methyl sites for hydroxylation is 1. The van der Waals surface area contributed by atoms with E-state index >= 15 is 0 Å². The van der Waals surface area contributed by atoms with Crippen molar-refractivity contribution in [3.63, 3.8) is 0 Å². The Balaban J connectivity index is 1.48. The number of likely N-dealkylation sites (tertiary alicyclic amines) is 1. The van der Waals surface area contributed by atoms with Crippen LogP contribution in [0, 0.1) is 13.8 Å². The van der Waals surface area contributed by atoms with Crippen molar-refractivity contribution in [3.05, 3.63) is 47.3 Å². The van der Waals surface area contributed by atoms with Gasteiger partial charge in [0.25, 0.3) is 5.91 Å². The summed E-state index contributed by atoms with van der Waals surface area (Å²) in [6.45, 7) is 6.11. The zero-order valence-electron chi connectivity index (χ0n) is 14.3. The highest BCUT2D eigenvalue weighted by atomic mass is 16.1. The van der Waals surface area contributed by atoms with E-state index in [0.29, 0.717) is 5.56 Å². The molecule has 2 aliphatic rings. The predicted molar refractivity (Wildman–Crippen MR) is 93.5 cm³/mol. The fourth-order valence-electron chi connectivity index (χ4n) is 3.62. The summed E-state index contributed by atoms with van der Waals surface area (Å²) in [5.41, 5.74) is 3.73. The molecule has 5 heteroatoms. The number of aromatic nitrogens is 2. The number of hydrogen-bond donors (Lipinski definition) is 1. The third-order valence-electron chi connectivity index (χ3n) is 5.22. The summed E-state index contributed by atoms with van der Waals surface area (Å²) in [5, 5.41) is 7.64. The Hall–Kier alpha value is -2.14. The van der Waals surface area contributed by atoms with Crippen LogP contribution >= 0.6 is 0 Å². The van der Waals surface area contributed by atoms with Gasteiger partial charge in [0, 0.05) is 25.2 Å². The van der Waals surface area contributed by atoms with Crippen molar-refractivity contribution < 1.29 is 4.79 Å². The van der Waals surface area contributed by atoms with Crippen LogP contribution in [0.15, 0.2) is 30.5 Å². The molecule has 1 aromatic carbocycles. The molecule has 1 aliphatic carbocycles. The van der Waals surface area contributed by atoms with E-state index in [1.807, 2.05) is 29.8 Å². The summed E-state index contributed by atoms with van der Waals surface area (Å²) in [6.07, 6.45) is 5.38. The normalized spacial score (nSPS) is 21.2. The molecule has 1 aliphatic heterocycles. The molecule has 0 radical (unpaired) electrons. The van der Waals surface area contributed by atoms with Crippen LogP contribution in [0.3, 0.4) is 0 Å². The number of benzene rings is 1. The second-order valence-electron chi connectivity index (χ2n) is 7.03. The number of carbonyl (C=O) groups excluding carboxylic acids is 1. The minimum Gasteiger partial charge on any atom is -0.348 e. The van der Waals surface area contributed by atoms with Gasteiger partial charge in [-0.25, -0.2) is 4.68 Å². The van der Waals surface area contributed by atoms with Crippen LogP contribution in [0.5, 0.6) is 0 Å². The van der Waals surface area contributed by atoms with Crippen LogP contribution in [0.25, 0.3) is 5.69 Å². The standard InChI is InChI=1S/C19H24N4O/c1-13-5-3-4-6-18(13)23-14(2)17(11-20-23)19(24)21-15-9-10-22(12-15)16-7-8-16/h3-6,11,15-16H,7-10,12H2,1-2H3,(H,21,24). The molecule has 2 heterocycles. The fraction of sp³-hybridized carbons (Fsp3) is 0.474. The van der Waals surface area contributed by atoms with Gasteiger partial charge >= 0.3 is 0 Å². The van der Waals surface area contributed by atoms with Gasteiger partial charge in [-0.05, 0) is 44.7 Å². The van der Waals surface area contributed by atoms with E-state index in [9.17, 15) is 4.79 Å². The second kappa shape index (κ2) is 6.06. The van der Waals surface area contributed by atoms with E-state index in [1.54, 1.807) is 6.20 Å². The van der Waals surface area contributed by atoms with E-state index in [2.05, 4.69) is 28.3 Å². The summed E-state index contributed by atoms with van der Waals surface area (Å²) in [7, 11) is 0. The van der Waals surface area contributed by atoms with Gasteiger partial charge in [0.1, 0.15) is 0 Å². The van der Waals surface area contributed by atoms with Crippen LogP contribution < -0.4 is 5.32 Å². The number of amides is 1. The number of rotatable bonds is 4. The number of nitrogens with one attached hydrogen (secondary N) is 1. The van der Waals surface area contributed by atoms with E-state index in [-0.39, 0.29) is 11.9 Å². The molecule has 1 saturated heterocycles. The molecule has 1 unspecified atom stereocenters. The highest BCUT2D eigenvalue weighted by Gasteiger charge is 2.35. The Kier molecular flexibility index (Phi) is 3.88. The first-order chi connectivity index (χ1) is 11.6. The Morgan fingerprint density at radius 2 is 2.00 bits per heavy atom. The largest absolute Gasteiger partial charge is 0.348 e. The first kappa shape index (κ1) is 15.4. The molecule has 5 nitrogen and oxygen atoms in total. The van der Waals surface area contributed by atoms with Gasteiger partial charge < -0.3 is 5.32 Å². The summed E-state index contributed by atoms with van der Waals surface area (Å²) in [4.78, 5) is 15.2. The van der Waals surface area contributed by atoms with Gasteiger partial charge in [0.2, 0.25) is 0 Å². The zero-order valence-corrected chi connectivity index (χ0v) is 14.3. The molecule has 1 saturated carbocycles. The van der Waals surface area contributed by atoms with Crippen molar-refractivity contribution in [2.45, 2.75) is 45.2 Å². The molecule has 1 N–H and O–H groups in total. The lowest BCUT2D eigenvalue weighted by Gasteiger charge is -2.15. The molecule has 0 spiro atoms. The van der Waals surface area contributed by atoms with Crippen molar-refractivity contribution in [1.29, 1.82) is 0 Å². The molecule has 1 amide bonds. The Labute approximate surface area is 142 Å². The maximum atomic E-state index is 12.7. The summed E-state index contributed by atoms with van der Waals surface area (Å²) < 4.78 is 1.86. The van der Waals surface area contributed by atoms with Crippen molar-refractivity contribution in [2.75, 3.05) is 13.1 Å². The van der Waals surface area contributed by atoms with Crippen molar-refractivity contribution in [3.8, 4) is 5.69 Å². The van der Waals surface area contributed by atoms with Crippen molar-refractivity contribution >= 4 is 5.91 Å². The monoisotopic (exact) mass is 324 g/mol. The molecule has 24 heavy (non-hydrogen) atoms. The van der Waals surface area contributed by atoms with Gasteiger partial charge in [-0.15, -0.1) is 0 Å². The summed E-state index contributed by atoms with van der Waals surface area (Å²) >= 11 is 0. The highest BCUT2D eigenvalue weighted by Crippen LogP contribution is 2.29. The Morgan fingerprint density at radius 3 is 2.75 bits per heavy atom. The summed E-state index contributed by atoms with van der Waals surface area (Å²) in [6, 6.07) is 9.13. The van der Waals surface area contributed by atoms with Gasteiger partial charge in [-0.1, -0.05) is 18.2 Å². The lowest BCUT2D eigenvalue weighted by molar-refractivity contribution is 0.0937. The first-order valence-electron chi connectivity index (χ1n) is 8.79. The zero-order chi connectivity index (χ0) is 16.7. The molecule has 0 bridgehead atoms. The predicted octanol–water partition coefficient (Wildman–Crippen LogP) is 2.46. The minimum absolute atomic E-state index is 0.00465. The maximum Gasteiger partial charge on any atom is 0.255 e. The van der Waals surface area contributed by atoms with E-state index in [0.717, 1.165) is 42.5 Å². The third-order valence-corrected chi connectivity index (χ3v) is 5.22. The van der Waals surface area contributed by atoms with Crippen LogP contribution in [-0.4, -0.2) is 45.8 Å². The number of hydrogen-bond acceptors (Lipinski definition) is 3. The average molecular weight is 324 g/mol. The molecule has 2 aromatic rings. The van der Waals surface area contributed by atoms with E-state index in [1.165, 1.54) is 12.8 Å². The second-order valence-corrected chi connectivity index (χ2v) is 7.03. The number of nitrogens with zero attached hydrogens (tertiary/aromatic N) is 3. The highest BCUT2D eigenvalue weighted by molar-refractivity contribution is 5.95. The molecule has 4 rings (SSSR count). The van der Waals surface area contributed by atoms with E-state index < -0.39 is 0 Å². The van der Waals surface area contributed by atoms with E-state index in [4.69, 9.17) is 0 Å². The first-order valence-corrected chi connectivity index (χ1v) is 8.79. The van der Waals surface area contributed by atoms with Crippen molar-refractivity contribution in [1.82, 2.24) is 20.0 Å². The van der Waals surface area contributed by atoms with Crippen LogP contribution in [0.4, 0.5) is 0 Å². The van der Waals surface area contributed by atoms with Gasteiger partial charge in [-0.3, -0.25) is 9.69 Å². The number of carbonyl (C=O) groups is 1. The quantitative estimate of drug-likeness (QED) is 0.940. The Bertz CT molecular complexity index is 762. The molecule has 126 valence electrons. The third kappa shape index (κ3) is 2.84. The Morgan fingerprint density at radius 1 is 1.21 bits per heavy atom. The average Bonchev–Trinajstić information content (AvgIpc) is 3.20. The van der Waals surface area contributed by atoms with Crippen LogP contribution in [0.1, 0.15) is 40.9 Å². The van der Waals surface area contributed by atoms with Gasteiger partial charge in [-0.2, -0.15) is 5.10 Å². The van der Waals surface area contributed by atoms with Gasteiger partial charge in [0.05, 0.1) is 23.1 Å². The topological polar surface area (TPSA) is 50.2 Å². The molecule has 2 fully saturated rings. The fourth-order valence-corrected chi connectivity index (χ4v) is 3.62. The molecular formula is C19H24N4O. The van der Waals surface area contributed by atoms with Crippen LogP contribution in [-0.2, 0) is 0 Å². The van der Waals surface area contributed by atoms with Crippen molar-refractivity contribution in [2.24, 2.45) is 0 Å². The SMILES string of the molecule is Cc1ccccc1-n1ncc(C(=O)NC2CCN(C3CC3)C2)c1C. The number of para-hydroxylation sites is 1. The lowest BCUT2D eigenvalue weighted by Crippen LogP contribution is -2.37. The van der Waals surface area contributed by atoms with Crippen LogP contribution in [0.2, 0.25) is 0 Å². The summed E-state index contributed by atoms with van der Waals surface area (Å²) in [5.74, 6) is -0.00465. The van der Waals surface area contributed by atoms with Gasteiger partial charge in [0.15, 0.2) is 0 Å². The molecule has 1 atom stereocenters. The lowest BCUT2D eigenvalue weighted by atomic mass is 10.2. The smallest absolute Gasteiger partial charge is 0.255 e.